The number of carbonyl (C=O) groups is 1. The number of hydrogen-bond acceptors (Lipinski definition) is 3. The van der Waals surface area contributed by atoms with Crippen molar-refractivity contribution in [2.24, 2.45) is 0 Å². The van der Waals surface area contributed by atoms with Gasteiger partial charge in [0, 0.05) is 5.69 Å². The van der Waals surface area contributed by atoms with E-state index in [-0.39, 0.29) is 11.4 Å². The van der Waals surface area contributed by atoms with Crippen LogP contribution in [0.15, 0.2) is 42.5 Å². The molecule has 0 radical (unpaired) electrons. The van der Waals surface area contributed by atoms with Crippen LogP contribution in [-0.2, 0) is 21.0 Å². The number of halogens is 4. The van der Waals surface area contributed by atoms with Crippen LogP contribution < -0.4 is 9.62 Å². The molecular weight excluding hydrogens is 417 g/mol. The van der Waals surface area contributed by atoms with Crippen LogP contribution in [0.1, 0.15) is 18.1 Å². The largest absolute Gasteiger partial charge is 0.417 e. The van der Waals surface area contributed by atoms with E-state index in [1.165, 1.54) is 13.0 Å². The second kappa shape index (κ2) is 8.00. The minimum atomic E-state index is -4.69. The van der Waals surface area contributed by atoms with E-state index in [0.29, 0.717) is 6.07 Å². The van der Waals surface area contributed by atoms with Gasteiger partial charge in [-0.15, -0.1) is 0 Å². The molecule has 0 aliphatic rings. The molecule has 0 aliphatic carbocycles. The second-order valence-corrected chi connectivity index (χ2v) is 8.52. The number of rotatable bonds is 5. The molecule has 2 aromatic rings. The molecule has 10 heteroatoms. The predicted molar refractivity (Wildman–Crippen MR) is 103 cm³/mol. The summed E-state index contributed by atoms with van der Waals surface area (Å²) in [6, 6.07) is 8.18. The first-order chi connectivity index (χ1) is 12.8. The monoisotopic (exact) mass is 434 g/mol. The zero-order valence-corrected chi connectivity index (χ0v) is 16.8. The number of nitrogens with zero attached hydrogens (tertiary/aromatic N) is 1. The first-order valence-corrected chi connectivity index (χ1v) is 10.3. The van der Waals surface area contributed by atoms with E-state index in [9.17, 15) is 26.4 Å². The highest BCUT2D eigenvalue weighted by Gasteiger charge is 2.34. The lowest BCUT2D eigenvalue weighted by Crippen LogP contribution is -2.45. The van der Waals surface area contributed by atoms with E-state index >= 15 is 0 Å². The molecule has 152 valence electrons. The third-order valence-electron chi connectivity index (χ3n) is 3.92. The zero-order chi connectivity index (χ0) is 21.3. The van der Waals surface area contributed by atoms with Gasteiger partial charge in [-0.25, -0.2) is 8.42 Å². The van der Waals surface area contributed by atoms with Crippen LogP contribution in [0, 0.1) is 6.92 Å². The highest BCUT2D eigenvalue weighted by atomic mass is 35.5. The van der Waals surface area contributed by atoms with Crippen molar-refractivity contribution in [1.29, 1.82) is 0 Å². The molecule has 1 N–H and O–H groups in total. The summed E-state index contributed by atoms with van der Waals surface area (Å²) in [6.45, 7) is 3.17. The zero-order valence-electron chi connectivity index (χ0n) is 15.2. The fourth-order valence-corrected chi connectivity index (χ4v) is 3.97. The van der Waals surface area contributed by atoms with Crippen molar-refractivity contribution in [3.63, 3.8) is 0 Å². The molecule has 28 heavy (non-hydrogen) atoms. The van der Waals surface area contributed by atoms with E-state index in [4.69, 9.17) is 11.6 Å². The number of nitrogens with one attached hydrogen (secondary N) is 1. The fraction of sp³-hybridized carbons (Fsp3) is 0.278. The molecule has 0 saturated carbocycles. The molecule has 0 heterocycles. The van der Waals surface area contributed by atoms with Crippen LogP contribution in [0.2, 0.25) is 5.02 Å². The molecule has 2 rings (SSSR count). The van der Waals surface area contributed by atoms with Crippen molar-refractivity contribution >= 4 is 38.9 Å². The van der Waals surface area contributed by atoms with Crippen molar-refractivity contribution in [2.45, 2.75) is 26.1 Å². The molecule has 5 nitrogen and oxygen atoms in total. The SMILES string of the molecule is Cc1ccc(N([C@H](C)C(=O)Nc2ccc(Cl)c(C(F)(F)F)c2)S(C)(=O)=O)cc1. The van der Waals surface area contributed by atoms with Crippen LogP contribution in [0.3, 0.4) is 0 Å². The maximum absolute atomic E-state index is 13.0. The molecule has 0 spiro atoms. The van der Waals surface area contributed by atoms with Crippen molar-refractivity contribution in [3.8, 4) is 0 Å². The Hall–Kier alpha value is -2.26. The highest BCUT2D eigenvalue weighted by molar-refractivity contribution is 7.92. The molecule has 0 saturated heterocycles. The lowest BCUT2D eigenvalue weighted by atomic mass is 10.1. The van der Waals surface area contributed by atoms with Gasteiger partial charge in [-0.3, -0.25) is 9.10 Å². The maximum Gasteiger partial charge on any atom is 0.417 e. The van der Waals surface area contributed by atoms with Crippen molar-refractivity contribution in [2.75, 3.05) is 15.9 Å². The van der Waals surface area contributed by atoms with Crippen molar-refractivity contribution in [3.05, 3.63) is 58.6 Å². The molecule has 1 amide bonds. The van der Waals surface area contributed by atoms with E-state index < -0.39 is 38.7 Å². The van der Waals surface area contributed by atoms with Crippen molar-refractivity contribution in [1.82, 2.24) is 0 Å². The van der Waals surface area contributed by atoms with E-state index in [1.54, 1.807) is 24.3 Å². The topological polar surface area (TPSA) is 66.5 Å². The quantitative estimate of drug-likeness (QED) is 0.755. The Bertz CT molecular complexity index is 977. The number of anilines is 2. The summed E-state index contributed by atoms with van der Waals surface area (Å²) >= 11 is 5.56. The normalized spacial score (nSPS) is 13.1. The molecular formula is C18H18ClF3N2O3S. The van der Waals surface area contributed by atoms with Gasteiger partial charge in [0.1, 0.15) is 6.04 Å². The second-order valence-electron chi connectivity index (χ2n) is 6.25. The van der Waals surface area contributed by atoms with Crippen LogP contribution >= 0.6 is 11.6 Å². The maximum atomic E-state index is 13.0. The lowest BCUT2D eigenvalue weighted by Gasteiger charge is -2.28. The van der Waals surface area contributed by atoms with Crippen LogP contribution in [0.4, 0.5) is 24.5 Å². The Morgan fingerprint density at radius 3 is 2.21 bits per heavy atom. The lowest BCUT2D eigenvalue weighted by molar-refractivity contribution is -0.137. The molecule has 0 aromatic heterocycles. The molecule has 0 fully saturated rings. The Labute approximate surface area is 166 Å². The van der Waals surface area contributed by atoms with Gasteiger partial charge < -0.3 is 5.32 Å². The number of sulfonamides is 1. The molecule has 1 atom stereocenters. The van der Waals surface area contributed by atoms with E-state index in [2.05, 4.69) is 5.32 Å². The number of aryl methyl sites for hydroxylation is 1. The predicted octanol–water partition coefficient (Wildman–Crippen LogP) is 4.46. The Morgan fingerprint density at radius 2 is 1.71 bits per heavy atom. The van der Waals surface area contributed by atoms with Crippen molar-refractivity contribution < 1.29 is 26.4 Å². The minimum absolute atomic E-state index is 0.147. The first kappa shape index (κ1) is 22.0. The summed E-state index contributed by atoms with van der Waals surface area (Å²) in [5.74, 6) is -0.790. The van der Waals surface area contributed by atoms with Gasteiger partial charge in [-0.2, -0.15) is 13.2 Å². The first-order valence-electron chi connectivity index (χ1n) is 8.04. The number of carbonyl (C=O) groups excluding carboxylic acids is 1. The van der Waals surface area contributed by atoms with Crippen LogP contribution in [-0.4, -0.2) is 26.6 Å². The Morgan fingerprint density at radius 1 is 1.14 bits per heavy atom. The third-order valence-corrected chi connectivity index (χ3v) is 5.49. The Kier molecular flexibility index (Phi) is 6.30. The van der Waals surface area contributed by atoms with E-state index in [1.807, 2.05) is 6.92 Å². The number of hydrogen-bond donors (Lipinski definition) is 1. The molecule has 0 bridgehead atoms. The summed E-state index contributed by atoms with van der Waals surface area (Å²) in [4.78, 5) is 12.6. The summed E-state index contributed by atoms with van der Waals surface area (Å²) in [5.41, 5.74) is -0.0814. The molecule has 0 aliphatic heterocycles. The fourth-order valence-electron chi connectivity index (χ4n) is 2.57. The van der Waals surface area contributed by atoms with E-state index in [0.717, 1.165) is 22.2 Å². The summed E-state index contributed by atoms with van der Waals surface area (Å²) in [7, 11) is -3.83. The average molecular weight is 435 g/mol. The number of benzene rings is 2. The summed E-state index contributed by atoms with van der Waals surface area (Å²) in [5, 5.41) is 1.81. The average Bonchev–Trinajstić information content (AvgIpc) is 2.56. The standard InChI is InChI=1S/C18H18ClF3N2O3S/c1-11-4-7-14(8-5-11)24(28(3,26)27)12(2)17(25)23-13-6-9-16(19)15(10-13)18(20,21)22/h4-10,12H,1-3H3,(H,23,25)/t12-/m1/s1. The van der Waals surface area contributed by atoms with Gasteiger partial charge in [0.2, 0.25) is 15.9 Å². The highest BCUT2D eigenvalue weighted by Crippen LogP contribution is 2.36. The van der Waals surface area contributed by atoms with Gasteiger partial charge in [0.25, 0.3) is 0 Å². The number of amides is 1. The Balaban J connectivity index is 2.33. The van der Waals surface area contributed by atoms with Gasteiger partial charge in [-0.05, 0) is 44.2 Å². The summed E-state index contributed by atoms with van der Waals surface area (Å²) in [6.07, 6.45) is -3.75. The minimum Gasteiger partial charge on any atom is -0.324 e. The summed E-state index contributed by atoms with van der Waals surface area (Å²) < 4.78 is 64.3. The number of alkyl halides is 3. The molecule has 0 unspecified atom stereocenters. The molecule has 2 aromatic carbocycles. The van der Waals surface area contributed by atoms with Crippen LogP contribution in [0.5, 0.6) is 0 Å². The van der Waals surface area contributed by atoms with Gasteiger partial charge >= 0.3 is 6.18 Å². The third kappa shape index (κ3) is 5.17. The van der Waals surface area contributed by atoms with Crippen LogP contribution in [0.25, 0.3) is 0 Å². The van der Waals surface area contributed by atoms with Gasteiger partial charge in [-0.1, -0.05) is 29.3 Å². The van der Waals surface area contributed by atoms with Gasteiger partial charge in [0.05, 0.1) is 22.5 Å². The van der Waals surface area contributed by atoms with Gasteiger partial charge in [0.15, 0.2) is 0 Å². The smallest absolute Gasteiger partial charge is 0.324 e.